The summed E-state index contributed by atoms with van der Waals surface area (Å²) in [6.45, 7) is 9.17. The van der Waals surface area contributed by atoms with Gasteiger partial charge in [0.2, 0.25) is 0 Å². The van der Waals surface area contributed by atoms with Crippen molar-refractivity contribution in [3.63, 3.8) is 0 Å². The van der Waals surface area contributed by atoms with Crippen molar-refractivity contribution in [3.8, 4) is 0 Å². The van der Waals surface area contributed by atoms with Gasteiger partial charge in [0.05, 0.1) is 6.42 Å². The lowest BCUT2D eigenvalue weighted by molar-refractivity contribution is -0.144. The standard InChI is InChI=1S/C14H27NO4/c1-5-6-9-19-12(4)14(18)15(10-11(2)3)8-7-13(16)17/h11-12H,5-10H2,1-4H3,(H,16,17). The molecule has 1 amide bonds. The molecule has 0 spiro atoms. The number of carboxylic acid groups (broad SMARTS) is 1. The van der Waals surface area contributed by atoms with Gasteiger partial charge in [-0.15, -0.1) is 0 Å². The van der Waals surface area contributed by atoms with E-state index < -0.39 is 12.1 Å². The van der Waals surface area contributed by atoms with Gasteiger partial charge in [-0.25, -0.2) is 0 Å². The molecule has 112 valence electrons. The number of rotatable bonds is 10. The van der Waals surface area contributed by atoms with Crippen molar-refractivity contribution >= 4 is 11.9 Å². The van der Waals surface area contributed by atoms with E-state index in [1.54, 1.807) is 11.8 Å². The van der Waals surface area contributed by atoms with Crippen LogP contribution in [0.3, 0.4) is 0 Å². The number of ether oxygens (including phenoxy) is 1. The number of hydrogen-bond donors (Lipinski definition) is 1. The van der Waals surface area contributed by atoms with Crippen LogP contribution in [0.4, 0.5) is 0 Å². The van der Waals surface area contributed by atoms with Gasteiger partial charge in [0.1, 0.15) is 6.10 Å². The van der Waals surface area contributed by atoms with E-state index in [1.807, 2.05) is 13.8 Å². The van der Waals surface area contributed by atoms with Gasteiger partial charge in [0.25, 0.3) is 5.91 Å². The van der Waals surface area contributed by atoms with E-state index in [9.17, 15) is 9.59 Å². The summed E-state index contributed by atoms with van der Waals surface area (Å²) >= 11 is 0. The summed E-state index contributed by atoms with van der Waals surface area (Å²) < 4.78 is 5.47. The van der Waals surface area contributed by atoms with Gasteiger partial charge >= 0.3 is 5.97 Å². The van der Waals surface area contributed by atoms with Crippen molar-refractivity contribution in [3.05, 3.63) is 0 Å². The number of carboxylic acids is 1. The minimum atomic E-state index is -0.888. The summed E-state index contributed by atoms with van der Waals surface area (Å²) in [5, 5.41) is 8.72. The van der Waals surface area contributed by atoms with Crippen LogP contribution in [0.5, 0.6) is 0 Å². The molecule has 0 bridgehead atoms. The van der Waals surface area contributed by atoms with Gasteiger partial charge < -0.3 is 14.7 Å². The van der Waals surface area contributed by atoms with Gasteiger partial charge in [-0.3, -0.25) is 9.59 Å². The van der Waals surface area contributed by atoms with E-state index in [-0.39, 0.29) is 18.9 Å². The topological polar surface area (TPSA) is 66.8 Å². The summed E-state index contributed by atoms with van der Waals surface area (Å²) in [6, 6.07) is 0. The van der Waals surface area contributed by atoms with Crippen LogP contribution in [0.15, 0.2) is 0 Å². The molecule has 0 aliphatic rings. The summed E-state index contributed by atoms with van der Waals surface area (Å²) in [6.07, 6.45) is 1.42. The van der Waals surface area contributed by atoms with Crippen molar-refractivity contribution in [1.82, 2.24) is 4.90 Å². The number of aliphatic carboxylic acids is 1. The average Bonchev–Trinajstić information content (AvgIpc) is 2.33. The third-order valence-corrected chi connectivity index (χ3v) is 2.71. The minimum Gasteiger partial charge on any atom is -0.481 e. The number of hydrogen-bond acceptors (Lipinski definition) is 3. The monoisotopic (exact) mass is 273 g/mol. The van der Waals surface area contributed by atoms with Crippen LogP contribution in [0.2, 0.25) is 0 Å². The highest BCUT2D eigenvalue weighted by Gasteiger charge is 2.22. The molecule has 0 radical (unpaired) electrons. The zero-order valence-electron chi connectivity index (χ0n) is 12.5. The Bertz CT molecular complexity index is 279. The van der Waals surface area contributed by atoms with Crippen molar-refractivity contribution in [2.24, 2.45) is 5.92 Å². The first-order valence-electron chi connectivity index (χ1n) is 7.00. The minimum absolute atomic E-state index is 0.0276. The highest BCUT2D eigenvalue weighted by molar-refractivity contribution is 5.81. The Balaban J connectivity index is 4.37. The fourth-order valence-electron chi connectivity index (χ4n) is 1.70. The molecule has 19 heavy (non-hydrogen) atoms. The fraction of sp³-hybridized carbons (Fsp3) is 0.857. The van der Waals surface area contributed by atoms with E-state index in [4.69, 9.17) is 9.84 Å². The lowest BCUT2D eigenvalue weighted by Gasteiger charge is -2.27. The maximum atomic E-state index is 12.2. The van der Waals surface area contributed by atoms with Crippen LogP contribution in [0.25, 0.3) is 0 Å². The van der Waals surface area contributed by atoms with Crippen molar-refractivity contribution < 1.29 is 19.4 Å². The van der Waals surface area contributed by atoms with E-state index in [0.717, 1.165) is 12.8 Å². The molecular formula is C14H27NO4. The van der Waals surface area contributed by atoms with Crippen molar-refractivity contribution in [2.45, 2.75) is 53.1 Å². The first kappa shape index (κ1) is 17.9. The SMILES string of the molecule is CCCCOC(C)C(=O)N(CCC(=O)O)CC(C)C. The molecule has 0 aliphatic carbocycles. The summed E-state index contributed by atoms with van der Waals surface area (Å²) in [4.78, 5) is 24.4. The van der Waals surface area contributed by atoms with Gasteiger partial charge in [-0.2, -0.15) is 0 Å². The number of nitrogens with zero attached hydrogens (tertiary/aromatic N) is 1. The van der Waals surface area contributed by atoms with Crippen LogP contribution >= 0.6 is 0 Å². The normalized spacial score (nSPS) is 12.5. The van der Waals surface area contributed by atoms with E-state index in [1.165, 1.54) is 0 Å². The smallest absolute Gasteiger partial charge is 0.305 e. The molecule has 0 aliphatic heterocycles. The Hall–Kier alpha value is -1.10. The fourth-order valence-corrected chi connectivity index (χ4v) is 1.70. The molecular weight excluding hydrogens is 246 g/mol. The molecule has 0 rings (SSSR count). The lowest BCUT2D eigenvalue weighted by atomic mass is 10.2. The molecule has 0 fully saturated rings. The molecule has 1 atom stereocenters. The third-order valence-electron chi connectivity index (χ3n) is 2.71. The predicted octanol–water partition coefficient (Wildman–Crippen LogP) is 2.15. The summed E-state index contributed by atoms with van der Waals surface area (Å²) in [5.74, 6) is -0.701. The van der Waals surface area contributed by atoms with Gasteiger partial charge in [-0.1, -0.05) is 27.2 Å². The van der Waals surface area contributed by atoms with Crippen molar-refractivity contribution in [2.75, 3.05) is 19.7 Å². The molecule has 0 heterocycles. The lowest BCUT2D eigenvalue weighted by Crippen LogP contribution is -2.42. The second kappa shape index (κ2) is 9.78. The zero-order valence-corrected chi connectivity index (χ0v) is 12.5. The molecule has 5 heteroatoms. The van der Waals surface area contributed by atoms with Crippen LogP contribution in [0.1, 0.15) is 47.0 Å². The molecule has 0 saturated heterocycles. The van der Waals surface area contributed by atoms with Crippen LogP contribution in [-0.4, -0.2) is 47.7 Å². The van der Waals surface area contributed by atoms with Crippen LogP contribution in [0, 0.1) is 5.92 Å². The largest absolute Gasteiger partial charge is 0.481 e. The highest BCUT2D eigenvalue weighted by atomic mass is 16.5. The third kappa shape index (κ3) is 8.59. The number of unbranched alkanes of at least 4 members (excludes halogenated alkanes) is 1. The Morgan fingerprint density at radius 2 is 1.89 bits per heavy atom. The molecule has 0 saturated carbocycles. The first-order chi connectivity index (χ1) is 8.88. The van der Waals surface area contributed by atoms with E-state index in [2.05, 4.69) is 6.92 Å². The van der Waals surface area contributed by atoms with Gasteiger partial charge in [0, 0.05) is 19.7 Å². The maximum absolute atomic E-state index is 12.2. The second-order valence-corrected chi connectivity index (χ2v) is 5.19. The summed E-state index contributed by atoms with van der Waals surface area (Å²) in [7, 11) is 0. The quantitative estimate of drug-likeness (QED) is 0.619. The number of amides is 1. The average molecular weight is 273 g/mol. The molecule has 1 unspecified atom stereocenters. The highest BCUT2D eigenvalue weighted by Crippen LogP contribution is 2.06. The van der Waals surface area contributed by atoms with Crippen LogP contribution in [-0.2, 0) is 14.3 Å². The molecule has 1 N–H and O–H groups in total. The summed E-state index contributed by atoms with van der Waals surface area (Å²) in [5.41, 5.74) is 0. The van der Waals surface area contributed by atoms with Crippen molar-refractivity contribution in [1.29, 1.82) is 0 Å². The van der Waals surface area contributed by atoms with Gasteiger partial charge in [-0.05, 0) is 19.3 Å². The Morgan fingerprint density at radius 1 is 1.26 bits per heavy atom. The van der Waals surface area contributed by atoms with E-state index in [0.29, 0.717) is 19.1 Å². The molecule has 5 nitrogen and oxygen atoms in total. The Morgan fingerprint density at radius 3 is 2.37 bits per heavy atom. The predicted molar refractivity (Wildman–Crippen MR) is 74.0 cm³/mol. The number of carbonyl (C=O) groups is 2. The molecule has 0 aromatic heterocycles. The first-order valence-corrected chi connectivity index (χ1v) is 7.00. The number of carbonyl (C=O) groups excluding carboxylic acids is 1. The Kier molecular flexibility index (Phi) is 9.21. The van der Waals surface area contributed by atoms with Crippen LogP contribution < -0.4 is 0 Å². The zero-order chi connectivity index (χ0) is 14.8. The van der Waals surface area contributed by atoms with Gasteiger partial charge in [0.15, 0.2) is 0 Å². The maximum Gasteiger partial charge on any atom is 0.305 e. The molecule has 0 aromatic carbocycles. The van der Waals surface area contributed by atoms with E-state index >= 15 is 0 Å². The molecule has 0 aromatic rings. The second-order valence-electron chi connectivity index (χ2n) is 5.19. The Labute approximate surface area is 115 Å².